The fraction of sp³-hybridized carbons (Fsp3) is 0.423. The third-order valence-electron chi connectivity index (χ3n) is 6.40. The van der Waals surface area contributed by atoms with Crippen molar-refractivity contribution in [2.75, 3.05) is 6.54 Å². The van der Waals surface area contributed by atoms with Crippen LogP contribution in [0.2, 0.25) is 0 Å². The number of hydrogen-bond donors (Lipinski definition) is 1. The molecule has 1 aliphatic carbocycles. The van der Waals surface area contributed by atoms with Gasteiger partial charge in [-0.2, -0.15) is 0 Å². The van der Waals surface area contributed by atoms with Crippen LogP contribution in [-0.4, -0.2) is 21.7 Å². The first-order chi connectivity index (χ1) is 15.1. The zero-order valence-corrected chi connectivity index (χ0v) is 18.7. The molecule has 1 N–H and O–H groups in total. The number of nitrogens with one attached hydrogen (secondary N) is 1. The van der Waals surface area contributed by atoms with Gasteiger partial charge in [0.25, 0.3) is 0 Å². The Morgan fingerprint density at radius 1 is 1.06 bits per heavy atom. The summed E-state index contributed by atoms with van der Waals surface area (Å²) in [6, 6.07) is 16.0. The summed E-state index contributed by atoms with van der Waals surface area (Å²) < 4.78 is 5.99. The first-order valence-corrected chi connectivity index (χ1v) is 11.3. The molecule has 2 aromatic heterocycles. The molecule has 5 heteroatoms. The van der Waals surface area contributed by atoms with Gasteiger partial charge in [0.2, 0.25) is 11.8 Å². The summed E-state index contributed by atoms with van der Waals surface area (Å²) >= 11 is 0. The van der Waals surface area contributed by atoms with E-state index < -0.39 is 0 Å². The number of nitrogens with zero attached hydrogens (tertiary/aromatic N) is 3. The second-order valence-electron chi connectivity index (χ2n) is 8.94. The highest BCUT2D eigenvalue weighted by Gasteiger charge is 2.32. The highest BCUT2D eigenvalue weighted by molar-refractivity contribution is 5.51. The summed E-state index contributed by atoms with van der Waals surface area (Å²) in [6.45, 7) is 8.71. The van der Waals surface area contributed by atoms with Crippen LogP contribution in [0.4, 0.5) is 0 Å². The Balaban J connectivity index is 1.40. The Bertz CT molecular complexity index is 981. The fourth-order valence-electron chi connectivity index (χ4n) is 4.62. The summed E-state index contributed by atoms with van der Waals surface area (Å²) in [4.78, 5) is 4.41. The van der Waals surface area contributed by atoms with E-state index in [1.165, 1.54) is 5.57 Å². The van der Waals surface area contributed by atoms with Crippen molar-refractivity contribution in [3.63, 3.8) is 0 Å². The minimum absolute atomic E-state index is 0.448. The van der Waals surface area contributed by atoms with Crippen LogP contribution in [0, 0.1) is 23.7 Å². The molecule has 2 heterocycles. The highest BCUT2D eigenvalue weighted by atomic mass is 16.4. The molecular formula is C26H32N4O. The maximum absolute atomic E-state index is 5.99. The van der Waals surface area contributed by atoms with Gasteiger partial charge in [-0.25, -0.2) is 0 Å². The molecule has 0 unspecified atom stereocenters. The van der Waals surface area contributed by atoms with Gasteiger partial charge in [0.05, 0.1) is 5.69 Å². The van der Waals surface area contributed by atoms with Crippen molar-refractivity contribution < 1.29 is 4.42 Å². The van der Waals surface area contributed by atoms with E-state index >= 15 is 0 Å². The van der Waals surface area contributed by atoms with E-state index in [9.17, 15) is 0 Å². The standard InChI is InChI=1S/C26H32N4O/c1-18(2)24-14-21(15-25-29-30-26(31-25)20-9-5-4-6-10-20)19(3)13-22(24)16-27-17-23-11-7-8-12-28-23/h4-13,18,21-22,24,27H,14-17H2,1-3H3/t21-,22-,24-/m0/s1. The Kier molecular flexibility index (Phi) is 6.92. The monoisotopic (exact) mass is 416 g/mol. The molecule has 162 valence electrons. The molecule has 1 aromatic carbocycles. The van der Waals surface area contributed by atoms with Crippen molar-refractivity contribution in [3.8, 4) is 11.5 Å². The van der Waals surface area contributed by atoms with E-state index in [4.69, 9.17) is 4.42 Å². The van der Waals surface area contributed by atoms with E-state index in [-0.39, 0.29) is 0 Å². The van der Waals surface area contributed by atoms with Crippen molar-refractivity contribution in [2.45, 2.75) is 40.2 Å². The molecule has 4 rings (SSSR count). The van der Waals surface area contributed by atoms with E-state index in [2.05, 4.69) is 53.4 Å². The minimum atomic E-state index is 0.448. The topological polar surface area (TPSA) is 63.8 Å². The second kappa shape index (κ2) is 10.0. The van der Waals surface area contributed by atoms with Gasteiger partial charge in [0.1, 0.15) is 0 Å². The molecular weight excluding hydrogens is 384 g/mol. The summed E-state index contributed by atoms with van der Waals surface area (Å²) in [5.74, 6) is 3.56. The summed E-state index contributed by atoms with van der Waals surface area (Å²) in [7, 11) is 0. The van der Waals surface area contributed by atoms with E-state index in [0.29, 0.717) is 29.6 Å². The first-order valence-electron chi connectivity index (χ1n) is 11.3. The van der Waals surface area contributed by atoms with Crippen molar-refractivity contribution >= 4 is 0 Å². The van der Waals surface area contributed by atoms with Crippen LogP contribution in [0.15, 0.2) is 70.8 Å². The van der Waals surface area contributed by atoms with E-state index in [1.807, 2.05) is 48.7 Å². The van der Waals surface area contributed by atoms with Crippen LogP contribution >= 0.6 is 0 Å². The molecule has 0 amide bonds. The number of aromatic nitrogens is 3. The molecule has 3 atom stereocenters. The van der Waals surface area contributed by atoms with Gasteiger partial charge in [-0.05, 0) is 61.3 Å². The van der Waals surface area contributed by atoms with Gasteiger partial charge in [-0.15, -0.1) is 10.2 Å². The average Bonchev–Trinajstić information content (AvgIpc) is 3.25. The van der Waals surface area contributed by atoms with Gasteiger partial charge >= 0.3 is 0 Å². The molecule has 1 aliphatic rings. The van der Waals surface area contributed by atoms with Gasteiger partial charge in [0.15, 0.2) is 0 Å². The van der Waals surface area contributed by atoms with Crippen LogP contribution in [0.5, 0.6) is 0 Å². The second-order valence-corrected chi connectivity index (χ2v) is 8.94. The number of benzene rings is 1. The van der Waals surface area contributed by atoms with E-state index in [0.717, 1.165) is 43.1 Å². The SMILES string of the molecule is CC1=C[C@@H](CNCc2ccccn2)[C@H](C(C)C)C[C@H]1Cc1nnc(-c2ccccc2)o1. The summed E-state index contributed by atoms with van der Waals surface area (Å²) in [6.07, 6.45) is 6.28. The van der Waals surface area contributed by atoms with E-state index in [1.54, 1.807) is 0 Å². The number of allylic oxidation sites excluding steroid dienone is 1. The largest absolute Gasteiger partial charge is 0.421 e. The van der Waals surface area contributed by atoms with Gasteiger partial charge in [-0.1, -0.05) is 49.8 Å². The quantitative estimate of drug-likeness (QED) is 0.504. The molecule has 0 spiro atoms. The van der Waals surface area contributed by atoms with Crippen molar-refractivity contribution in [2.24, 2.45) is 23.7 Å². The lowest BCUT2D eigenvalue weighted by Gasteiger charge is -2.37. The molecule has 5 nitrogen and oxygen atoms in total. The molecule has 0 saturated heterocycles. The third kappa shape index (κ3) is 5.47. The molecule has 0 radical (unpaired) electrons. The zero-order chi connectivity index (χ0) is 21.6. The van der Waals surface area contributed by atoms with Crippen molar-refractivity contribution in [1.82, 2.24) is 20.5 Å². The number of hydrogen-bond acceptors (Lipinski definition) is 5. The third-order valence-corrected chi connectivity index (χ3v) is 6.40. The fourth-order valence-corrected chi connectivity index (χ4v) is 4.62. The average molecular weight is 417 g/mol. The Labute approximate surface area is 185 Å². The van der Waals surface area contributed by atoms with Crippen LogP contribution in [-0.2, 0) is 13.0 Å². The van der Waals surface area contributed by atoms with Gasteiger partial charge < -0.3 is 9.73 Å². The van der Waals surface area contributed by atoms with Crippen molar-refractivity contribution in [3.05, 3.63) is 78.0 Å². The lowest BCUT2D eigenvalue weighted by Crippen LogP contribution is -2.34. The first kappa shape index (κ1) is 21.4. The molecule has 3 aromatic rings. The number of pyridine rings is 1. The lowest BCUT2D eigenvalue weighted by atomic mass is 9.70. The Morgan fingerprint density at radius 2 is 1.87 bits per heavy atom. The predicted octanol–water partition coefficient (Wildman–Crippen LogP) is 5.32. The van der Waals surface area contributed by atoms with Crippen LogP contribution in [0.25, 0.3) is 11.5 Å². The Morgan fingerprint density at radius 3 is 2.61 bits per heavy atom. The molecule has 0 saturated carbocycles. The van der Waals surface area contributed by atoms with Crippen LogP contribution in [0.1, 0.15) is 38.8 Å². The van der Waals surface area contributed by atoms with Crippen molar-refractivity contribution in [1.29, 1.82) is 0 Å². The highest BCUT2D eigenvalue weighted by Crippen LogP contribution is 2.38. The molecule has 0 fully saturated rings. The van der Waals surface area contributed by atoms with Crippen LogP contribution < -0.4 is 5.32 Å². The number of rotatable bonds is 8. The smallest absolute Gasteiger partial charge is 0.247 e. The maximum atomic E-state index is 5.99. The lowest BCUT2D eigenvalue weighted by molar-refractivity contribution is 0.218. The summed E-state index contributed by atoms with van der Waals surface area (Å²) in [5, 5.41) is 12.2. The summed E-state index contributed by atoms with van der Waals surface area (Å²) in [5.41, 5.74) is 3.49. The molecule has 0 bridgehead atoms. The minimum Gasteiger partial charge on any atom is -0.421 e. The van der Waals surface area contributed by atoms with Gasteiger partial charge in [-0.3, -0.25) is 4.98 Å². The predicted molar refractivity (Wildman–Crippen MR) is 123 cm³/mol. The van der Waals surface area contributed by atoms with Gasteiger partial charge in [0, 0.05) is 31.3 Å². The zero-order valence-electron chi connectivity index (χ0n) is 18.7. The normalized spacial score (nSPS) is 21.3. The van der Waals surface area contributed by atoms with Crippen LogP contribution in [0.3, 0.4) is 0 Å². The molecule has 31 heavy (non-hydrogen) atoms. The maximum Gasteiger partial charge on any atom is 0.247 e. The molecule has 0 aliphatic heterocycles. The Hall–Kier alpha value is -2.79.